The minimum Gasteiger partial charge on any atom is -0.379 e. The summed E-state index contributed by atoms with van der Waals surface area (Å²) in [6.45, 7) is 5.09. The van der Waals surface area contributed by atoms with E-state index >= 15 is 0 Å². The first-order valence-electron chi connectivity index (χ1n) is 6.92. The van der Waals surface area contributed by atoms with E-state index in [0.717, 1.165) is 11.0 Å². The molecule has 1 atom stereocenters. The van der Waals surface area contributed by atoms with E-state index in [1.807, 2.05) is 31.2 Å². The van der Waals surface area contributed by atoms with E-state index in [9.17, 15) is 4.79 Å². The monoisotopic (exact) mass is 289 g/mol. The molecule has 0 bridgehead atoms. The predicted molar refractivity (Wildman–Crippen MR) is 80.1 cm³/mol. The Labute approximate surface area is 123 Å². The highest BCUT2D eigenvalue weighted by atomic mass is 16.5. The topological polar surface area (TPSA) is 73.3 Å². The second-order valence-electron chi connectivity index (χ2n) is 4.44. The normalized spacial score (nSPS) is 12.3. The van der Waals surface area contributed by atoms with E-state index in [1.54, 1.807) is 6.92 Å². The molecule has 1 aromatic heterocycles. The number of rotatable bonds is 7. The highest BCUT2D eigenvalue weighted by molar-refractivity contribution is 5.93. The number of carbonyl (C=O) groups excluding carboxylic acids is 1. The highest BCUT2D eigenvalue weighted by Gasteiger charge is 2.14. The summed E-state index contributed by atoms with van der Waals surface area (Å²) in [5, 5.41) is 2.70. The van der Waals surface area contributed by atoms with Gasteiger partial charge in [0.15, 0.2) is 5.82 Å². The first-order chi connectivity index (χ1) is 10.2. The molecule has 21 heavy (non-hydrogen) atoms. The van der Waals surface area contributed by atoms with Gasteiger partial charge in [-0.05, 0) is 26.0 Å². The highest BCUT2D eigenvalue weighted by Crippen LogP contribution is 2.11. The summed E-state index contributed by atoms with van der Waals surface area (Å²) in [5.74, 6) is 0.162. The maximum Gasteiger partial charge on any atom is 0.254 e. The predicted octanol–water partition coefficient (Wildman–Crippen LogP) is 2.01. The van der Waals surface area contributed by atoms with Crippen molar-refractivity contribution in [3.8, 4) is 0 Å². The van der Waals surface area contributed by atoms with E-state index in [-0.39, 0.29) is 5.91 Å². The molecule has 112 valence electrons. The van der Waals surface area contributed by atoms with Gasteiger partial charge in [0, 0.05) is 6.61 Å². The van der Waals surface area contributed by atoms with Crippen molar-refractivity contribution in [2.24, 2.45) is 0 Å². The fraction of sp³-hybridized carbons (Fsp3) is 0.400. The molecule has 1 N–H and O–H groups in total. The zero-order chi connectivity index (χ0) is 15.1. The van der Waals surface area contributed by atoms with Crippen LogP contribution in [0.2, 0.25) is 0 Å². The van der Waals surface area contributed by atoms with Crippen LogP contribution < -0.4 is 5.32 Å². The lowest BCUT2D eigenvalue weighted by atomic mass is 10.3. The lowest BCUT2D eigenvalue weighted by Gasteiger charge is -2.13. The number of ether oxygens (including phenoxy) is 2. The number of fused-ring (bicyclic) bond motifs is 1. The van der Waals surface area contributed by atoms with Crippen molar-refractivity contribution in [2.75, 3.05) is 25.1 Å². The van der Waals surface area contributed by atoms with Gasteiger partial charge in [-0.15, -0.1) is 0 Å². The Kier molecular flexibility index (Phi) is 5.59. The number of nitrogens with zero attached hydrogens (tertiary/aromatic N) is 2. The quantitative estimate of drug-likeness (QED) is 0.789. The van der Waals surface area contributed by atoms with Crippen LogP contribution >= 0.6 is 0 Å². The molecule has 0 fully saturated rings. The van der Waals surface area contributed by atoms with Crippen molar-refractivity contribution in [1.29, 1.82) is 0 Å². The van der Waals surface area contributed by atoms with Crippen LogP contribution in [0.4, 0.5) is 5.82 Å². The Hall–Kier alpha value is -2.05. The number of aromatic nitrogens is 2. The molecule has 1 aromatic carbocycles. The second kappa shape index (κ2) is 7.66. The van der Waals surface area contributed by atoms with Crippen molar-refractivity contribution in [3.63, 3.8) is 0 Å². The molecular formula is C15H19N3O3. The molecule has 0 aliphatic rings. The molecule has 0 aliphatic carbocycles. The lowest BCUT2D eigenvalue weighted by Crippen LogP contribution is -2.29. The Morgan fingerprint density at radius 1 is 1.29 bits per heavy atom. The van der Waals surface area contributed by atoms with Crippen molar-refractivity contribution in [2.45, 2.75) is 20.0 Å². The van der Waals surface area contributed by atoms with Gasteiger partial charge in [-0.1, -0.05) is 12.1 Å². The van der Waals surface area contributed by atoms with Crippen molar-refractivity contribution in [1.82, 2.24) is 9.97 Å². The number of para-hydroxylation sites is 2. The zero-order valence-electron chi connectivity index (χ0n) is 12.2. The number of hydrogen-bond acceptors (Lipinski definition) is 5. The Morgan fingerprint density at radius 2 is 2.05 bits per heavy atom. The van der Waals surface area contributed by atoms with Crippen LogP contribution in [0.3, 0.4) is 0 Å². The molecule has 1 amide bonds. The number of amides is 1. The van der Waals surface area contributed by atoms with Gasteiger partial charge in [-0.2, -0.15) is 0 Å². The first kappa shape index (κ1) is 15.3. The van der Waals surface area contributed by atoms with E-state index in [2.05, 4.69) is 15.3 Å². The molecule has 0 aliphatic heterocycles. The third-order valence-electron chi connectivity index (χ3n) is 2.87. The summed E-state index contributed by atoms with van der Waals surface area (Å²) in [6, 6.07) is 7.49. The summed E-state index contributed by atoms with van der Waals surface area (Å²) in [7, 11) is 0. The summed E-state index contributed by atoms with van der Waals surface area (Å²) in [5.41, 5.74) is 1.52. The summed E-state index contributed by atoms with van der Waals surface area (Å²) in [6.07, 6.45) is 0.964. The van der Waals surface area contributed by atoms with Crippen molar-refractivity contribution >= 4 is 22.8 Å². The number of benzene rings is 1. The molecule has 0 spiro atoms. The van der Waals surface area contributed by atoms with Gasteiger partial charge in [0.25, 0.3) is 5.91 Å². The molecule has 0 unspecified atom stereocenters. The largest absolute Gasteiger partial charge is 0.379 e. The van der Waals surface area contributed by atoms with E-state index in [0.29, 0.717) is 25.6 Å². The smallest absolute Gasteiger partial charge is 0.254 e. The number of nitrogens with one attached hydrogen (secondary N) is 1. The molecular weight excluding hydrogens is 270 g/mol. The van der Waals surface area contributed by atoms with E-state index in [1.165, 1.54) is 6.20 Å². The number of hydrogen-bond donors (Lipinski definition) is 1. The van der Waals surface area contributed by atoms with Crippen LogP contribution in [0.5, 0.6) is 0 Å². The Balaban J connectivity index is 1.91. The van der Waals surface area contributed by atoms with Gasteiger partial charge < -0.3 is 14.8 Å². The van der Waals surface area contributed by atoms with E-state index in [4.69, 9.17) is 9.47 Å². The summed E-state index contributed by atoms with van der Waals surface area (Å²) < 4.78 is 10.5. The molecule has 2 rings (SSSR count). The number of anilines is 1. The van der Waals surface area contributed by atoms with Crippen molar-refractivity contribution < 1.29 is 14.3 Å². The number of carbonyl (C=O) groups is 1. The standard InChI is InChI=1S/C15H19N3O3/c1-3-20-8-9-21-11(2)15(19)18-14-10-16-12-6-4-5-7-13(12)17-14/h4-7,10-11H,3,8-9H2,1-2H3,(H,17,18,19)/t11-/m1/s1. The summed E-state index contributed by atoms with van der Waals surface area (Å²) >= 11 is 0. The van der Waals surface area contributed by atoms with Gasteiger partial charge in [0.05, 0.1) is 30.4 Å². The van der Waals surface area contributed by atoms with Gasteiger partial charge in [-0.3, -0.25) is 9.78 Å². The molecule has 2 aromatic rings. The minimum atomic E-state index is -0.571. The van der Waals surface area contributed by atoms with Gasteiger partial charge in [0.2, 0.25) is 0 Å². The first-order valence-corrected chi connectivity index (χ1v) is 6.92. The average molecular weight is 289 g/mol. The molecule has 1 heterocycles. The van der Waals surface area contributed by atoms with Crippen LogP contribution in [0.15, 0.2) is 30.5 Å². The molecule has 0 saturated carbocycles. The second-order valence-corrected chi connectivity index (χ2v) is 4.44. The van der Waals surface area contributed by atoms with Crippen LogP contribution in [0.1, 0.15) is 13.8 Å². The maximum absolute atomic E-state index is 12.0. The fourth-order valence-electron chi connectivity index (χ4n) is 1.75. The van der Waals surface area contributed by atoms with Crippen LogP contribution in [-0.2, 0) is 14.3 Å². The third kappa shape index (κ3) is 4.47. The molecule has 6 heteroatoms. The zero-order valence-corrected chi connectivity index (χ0v) is 12.2. The average Bonchev–Trinajstić information content (AvgIpc) is 2.51. The van der Waals surface area contributed by atoms with Crippen LogP contribution in [0.25, 0.3) is 11.0 Å². The SMILES string of the molecule is CCOCCO[C@H](C)C(=O)Nc1cnc2ccccc2n1. The van der Waals surface area contributed by atoms with Gasteiger partial charge >= 0.3 is 0 Å². The Bertz CT molecular complexity index is 603. The molecule has 0 saturated heterocycles. The van der Waals surface area contributed by atoms with E-state index < -0.39 is 6.10 Å². The third-order valence-corrected chi connectivity index (χ3v) is 2.87. The van der Waals surface area contributed by atoms with Gasteiger partial charge in [0.1, 0.15) is 6.10 Å². The maximum atomic E-state index is 12.0. The molecule has 0 radical (unpaired) electrons. The van der Waals surface area contributed by atoms with Gasteiger partial charge in [-0.25, -0.2) is 4.98 Å². The van der Waals surface area contributed by atoms with Crippen LogP contribution in [0, 0.1) is 0 Å². The van der Waals surface area contributed by atoms with Crippen LogP contribution in [-0.4, -0.2) is 41.8 Å². The van der Waals surface area contributed by atoms with Crippen molar-refractivity contribution in [3.05, 3.63) is 30.5 Å². The lowest BCUT2D eigenvalue weighted by molar-refractivity contribution is -0.127. The minimum absolute atomic E-state index is 0.254. The fourth-order valence-corrected chi connectivity index (χ4v) is 1.75. The molecule has 6 nitrogen and oxygen atoms in total. The Morgan fingerprint density at radius 3 is 2.81 bits per heavy atom. The summed E-state index contributed by atoms with van der Waals surface area (Å²) in [4.78, 5) is 20.5.